The first-order valence-corrected chi connectivity index (χ1v) is 9.92. The van der Waals surface area contributed by atoms with Gasteiger partial charge in [0.05, 0.1) is 0 Å². The summed E-state index contributed by atoms with van der Waals surface area (Å²) >= 11 is 0. The second kappa shape index (κ2) is 7.54. The average molecular weight is 365 g/mol. The Hall–Kier alpha value is -2.02. The second-order valence-corrected chi connectivity index (χ2v) is 9.90. The van der Waals surface area contributed by atoms with E-state index in [0.717, 1.165) is 11.3 Å². The summed E-state index contributed by atoms with van der Waals surface area (Å²) in [4.78, 5) is 0. The van der Waals surface area contributed by atoms with Crippen LogP contribution in [0.1, 0.15) is 84.6 Å². The lowest BCUT2D eigenvalue weighted by Gasteiger charge is -2.34. The first-order chi connectivity index (χ1) is 12.4. The molecule has 0 spiro atoms. The molecule has 0 unspecified atom stereocenters. The first kappa shape index (κ1) is 21.3. The molecule has 0 heterocycles. The van der Waals surface area contributed by atoms with Crippen LogP contribution in [0.2, 0.25) is 0 Å². The largest absolute Gasteiger partial charge is 0.487 e. The standard InChI is InChI=1S/C26H36O/c1-10-14-19-17-21(24(2,3)4)18-22(23(19)27-25(5,6)7)26(8,9)20-15-12-11-13-16-20/h10-18H,1-9H3/b14-10-. The summed E-state index contributed by atoms with van der Waals surface area (Å²) in [6, 6.07) is 15.3. The van der Waals surface area contributed by atoms with Crippen LogP contribution in [0.5, 0.6) is 5.75 Å². The van der Waals surface area contributed by atoms with Crippen molar-refractivity contribution < 1.29 is 4.74 Å². The van der Waals surface area contributed by atoms with E-state index in [1.165, 1.54) is 16.7 Å². The van der Waals surface area contributed by atoms with Gasteiger partial charge < -0.3 is 4.74 Å². The van der Waals surface area contributed by atoms with Crippen LogP contribution >= 0.6 is 0 Å². The lowest BCUT2D eigenvalue weighted by Crippen LogP contribution is -2.28. The van der Waals surface area contributed by atoms with Gasteiger partial charge in [-0.1, -0.05) is 83.2 Å². The van der Waals surface area contributed by atoms with E-state index in [2.05, 4.69) is 117 Å². The zero-order chi connectivity index (χ0) is 20.5. The lowest BCUT2D eigenvalue weighted by molar-refractivity contribution is 0.127. The molecule has 0 aliphatic carbocycles. The number of rotatable bonds is 4. The van der Waals surface area contributed by atoms with Crippen molar-refractivity contribution in [1.82, 2.24) is 0 Å². The van der Waals surface area contributed by atoms with Crippen LogP contribution in [0.3, 0.4) is 0 Å². The third-order valence-corrected chi connectivity index (χ3v) is 4.91. The maximum atomic E-state index is 6.54. The minimum absolute atomic E-state index is 0.0676. The van der Waals surface area contributed by atoms with Crippen molar-refractivity contribution in [3.8, 4) is 5.75 Å². The van der Waals surface area contributed by atoms with Crippen LogP contribution in [-0.2, 0) is 10.8 Å². The highest BCUT2D eigenvalue weighted by molar-refractivity contribution is 5.64. The number of hydrogen-bond acceptors (Lipinski definition) is 1. The fourth-order valence-corrected chi connectivity index (χ4v) is 3.28. The van der Waals surface area contributed by atoms with Gasteiger partial charge in [-0.05, 0) is 50.3 Å². The Morgan fingerprint density at radius 1 is 0.778 bits per heavy atom. The molecule has 2 aromatic rings. The van der Waals surface area contributed by atoms with Crippen molar-refractivity contribution >= 4 is 6.08 Å². The van der Waals surface area contributed by atoms with Crippen molar-refractivity contribution in [2.45, 2.75) is 78.7 Å². The van der Waals surface area contributed by atoms with Gasteiger partial charge in [-0.25, -0.2) is 0 Å². The molecule has 0 saturated carbocycles. The maximum Gasteiger partial charge on any atom is 0.131 e. The van der Waals surface area contributed by atoms with Gasteiger partial charge >= 0.3 is 0 Å². The Balaban J connectivity index is 2.84. The van der Waals surface area contributed by atoms with Crippen LogP contribution in [0, 0.1) is 0 Å². The van der Waals surface area contributed by atoms with Gasteiger partial charge in [0.15, 0.2) is 0 Å². The zero-order valence-corrected chi connectivity index (χ0v) is 18.6. The SMILES string of the molecule is C/C=C\c1cc(C(C)(C)C)cc(C(C)(C)c2ccccc2)c1OC(C)(C)C. The second-order valence-electron chi connectivity index (χ2n) is 9.90. The van der Waals surface area contributed by atoms with Crippen LogP contribution in [0.4, 0.5) is 0 Å². The number of hydrogen-bond donors (Lipinski definition) is 0. The Kier molecular flexibility index (Phi) is 5.94. The van der Waals surface area contributed by atoms with E-state index in [9.17, 15) is 0 Å². The molecule has 27 heavy (non-hydrogen) atoms. The van der Waals surface area contributed by atoms with Gasteiger partial charge in [-0.3, -0.25) is 0 Å². The van der Waals surface area contributed by atoms with Crippen LogP contribution in [0.25, 0.3) is 6.08 Å². The van der Waals surface area contributed by atoms with Crippen LogP contribution < -0.4 is 4.74 Å². The van der Waals surface area contributed by atoms with E-state index in [1.54, 1.807) is 0 Å². The van der Waals surface area contributed by atoms with Crippen molar-refractivity contribution in [3.63, 3.8) is 0 Å². The fraction of sp³-hybridized carbons (Fsp3) is 0.462. The fourth-order valence-electron chi connectivity index (χ4n) is 3.28. The molecule has 0 amide bonds. The molecule has 0 aromatic heterocycles. The predicted molar refractivity (Wildman–Crippen MR) is 119 cm³/mol. The summed E-state index contributed by atoms with van der Waals surface area (Å²) in [6.45, 7) is 19.8. The maximum absolute atomic E-state index is 6.54. The number of benzene rings is 2. The van der Waals surface area contributed by atoms with E-state index >= 15 is 0 Å². The van der Waals surface area contributed by atoms with Gasteiger partial charge in [-0.15, -0.1) is 0 Å². The van der Waals surface area contributed by atoms with E-state index in [-0.39, 0.29) is 16.4 Å². The van der Waals surface area contributed by atoms with E-state index < -0.39 is 0 Å². The molecule has 0 fully saturated rings. The highest BCUT2D eigenvalue weighted by Gasteiger charge is 2.31. The minimum Gasteiger partial charge on any atom is -0.487 e. The molecule has 0 radical (unpaired) electrons. The molecular formula is C26H36O. The molecule has 1 heteroatoms. The van der Waals surface area contributed by atoms with Crippen molar-refractivity contribution in [2.75, 3.05) is 0 Å². The van der Waals surface area contributed by atoms with Gasteiger partial charge in [-0.2, -0.15) is 0 Å². The minimum atomic E-state index is -0.263. The van der Waals surface area contributed by atoms with Gasteiger partial charge in [0.2, 0.25) is 0 Å². The third kappa shape index (κ3) is 5.03. The molecule has 2 aromatic carbocycles. The van der Waals surface area contributed by atoms with Crippen molar-refractivity contribution in [1.29, 1.82) is 0 Å². The number of ether oxygens (including phenoxy) is 1. The predicted octanol–water partition coefficient (Wildman–Crippen LogP) is 7.52. The van der Waals surface area contributed by atoms with Gasteiger partial charge in [0, 0.05) is 16.5 Å². The smallest absolute Gasteiger partial charge is 0.131 e. The summed E-state index contributed by atoms with van der Waals surface area (Å²) in [7, 11) is 0. The molecule has 0 saturated heterocycles. The monoisotopic (exact) mass is 364 g/mol. The van der Waals surface area contributed by atoms with E-state index in [4.69, 9.17) is 4.74 Å². The van der Waals surface area contributed by atoms with E-state index in [0.29, 0.717) is 0 Å². The van der Waals surface area contributed by atoms with Crippen molar-refractivity contribution in [3.05, 3.63) is 70.8 Å². The van der Waals surface area contributed by atoms with Crippen LogP contribution in [0.15, 0.2) is 48.5 Å². The molecule has 0 bridgehead atoms. The van der Waals surface area contributed by atoms with Crippen LogP contribution in [-0.4, -0.2) is 5.60 Å². The molecule has 0 N–H and O–H groups in total. The lowest BCUT2D eigenvalue weighted by atomic mass is 9.74. The Morgan fingerprint density at radius 3 is 1.85 bits per heavy atom. The summed E-state index contributed by atoms with van der Waals surface area (Å²) < 4.78 is 6.54. The molecule has 0 aliphatic rings. The Bertz CT molecular complexity index is 797. The summed E-state index contributed by atoms with van der Waals surface area (Å²) in [5.74, 6) is 0.988. The highest BCUT2D eigenvalue weighted by Crippen LogP contribution is 2.43. The normalized spacial score (nSPS) is 13.2. The molecule has 0 atom stereocenters. The third-order valence-electron chi connectivity index (χ3n) is 4.91. The molecule has 146 valence electrons. The average Bonchev–Trinajstić information content (AvgIpc) is 2.55. The van der Waals surface area contributed by atoms with Gasteiger partial charge in [0.25, 0.3) is 0 Å². The highest BCUT2D eigenvalue weighted by atomic mass is 16.5. The Labute approximate surface area is 166 Å². The summed E-state index contributed by atoms with van der Waals surface area (Å²) in [5, 5.41) is 0. The Morgan fingerprint density at radius 2 is 1.37 bits per heavy atom. The summed E-state index contributed by atoms with van der Waals surface area (Å²) in [5.41, 5.74) is 4.65. The topological polar surface area (TPSA) is 9.23 Å². The molecule has 1 nitrogen and oxygen atoms in total. The quantitative estimate of drug-likeness (QED) is 0.545. The first-order valence-electron chi connectivity index (χ1n) is 9.92. The molecule has 0 aliphatic heterocycles. The van der Waals surface area contributed by atoms with Gasteiger partial charge in [0.1, 0.15) is 11.4 Å². The van der Waals surface area contributed by atoms with Crippen molar-refractivity contribution in [2.24, 2.45) is 0 Å². The van der Waals surface area contributed by atoms with E-state index in [1.807, 2.05) is 0 Å². The number of allylic oxidation sites excluding steroid dienone is 1. The molecular weight excluding hydrogens is 328 g/mol. The zero-order valence-electron chi connectivity index (χ0n) is 18.6. The summed E-state index contributed by atoms with van der Waals surface area (Å²) in [6.07, 6.45) is 4.26. The molecule has 2 rings (SSSR count).